The van der Waals surface area contributed by atoms with Crippen LogP contribution >= 0.6 is 0 Å². The standard InChI is InChI=1S/C25H37N5O4/c1-17(16-33-5)28-25(26-3)29-30-18(2)22(15-23(30)19-6-8-21(31)9-7-19)20-10-11-27-24(14-20)34-13-12-32-4/h10-11,14-15,17,19,21,31H,3,6-9,12-13,16H2,1-2,4-5H3,(H,28,29)/t17-,19?,21?/m0/s1. The number of hydrogen-bond acceptors (Lipinski definition) is 6. The number of aliphatic imine (C=N–C) groups is 2. The van der Waals surface area contributed by atoms with Gasteiger partial charge < -0.3 is 19.3 Å². The second-order valence-electron chi connectivity index (χ2n) is 8.66. The lowest BCUT2D eigenvalue weighted by atomic mass is 9.85. The van der Waals surface area contributed by atoms with Crippen LogP contribution in [0.15, 0.2) is 34.4 Å². The van der Waals surface area contributed by atoms with Gasteiger partial charge in [0.2, 0.25) is 11.8 Å². The highest BCUT2D eigenvalue weighted by Crippen LogP contribution is 2.37. The van der Waals surface area contributed by atoms with E-state index in [1.807, 2.05) is 19.1 Å². The summed E-state index contributed by atoms with van der Waals surface area (Å²) in [7, 11) is 3.30. The number of guanidine groups is 1. The van der Waals surface area contributed by atoms with E-state index in [9.17, 15) is 5.11 Å². The number of nitrogens with zero attached hydrogens (tertiary/aromatic N) is 4. The monoisotopic (exact) mass is 471 g/mol. The van der Waals surface area contributed by atoms with Gasteiger partial charge in [0, 0.05) is 49.4 Å². The third kappa shape index (κ3) is 6.65. The Morgan fingerprint density at radius 3 is 2.68 bits per heavy atom. The number of aliphatic hydroxyl groups is 1. The fourth-order valence-electron chi connectivity index (χ4n) is 4.32. The van der Waals surface area contributed by atoms with Crippen LogP contribution in [0, 0.1) is 6.92 Å². The summed E-state index contributed by atoms with van der Waals surface area (Å²) in [5.74, 6) is 1.30. The average Bonchev–Trinajstić information content (AvgIpc) is 3.15. The molecule has 2 aromatic rings. The predicted molar refractivity (Wildman–Crippen MR) is 135 cm³/mol. The van der Waals surface area contributed by atoms with Gasteiger partial charge in [-0.3, -0.25) is 10.1 Å². The van der Waals surface area contributed by atoms with E-state index in [0.29, 0.717) is 37.6 Å². The maximum atomic E-state index is 10.0. The van der Waals surface area contributed by atoms with Crippen LogP contribution in [0.25, 0.3) is 11.1 Å². The van der Waals surface area contributed by atoms with E-state index < -0.39 is 0 Å². The summed E-state index contributed by atoms with van der Waals surface area (Å²) in [5.41, 5.74) is 7.60. The van der Waals surface area contributed by atoms with Crippen molar-refractivity contribution in [2.45, 2.75) is 57.6 Å². The Kier molecular flexibility index (Phi) is 9.62. The molecule has 1 fully saturated rings. The fourth-order valence-corrected chi connectivity index (χ4v) is 4.32. The molecule has 1 aliphatic carbocycles. The summed E-state index contributed by atoms with van der Waals surface area (Å²) in [5, 5.41) is 10.0. The quantitative estimate of drug-likeness (QED) is 0.312. The van der Waals surface area contributed by atoms with Gasteiger partial charge >= 0.3 is 0 Å². The molecule has 0 radical (unpaired) electrons. The Labute approximate surface area is 201 Å². The lowest BCUT2D eigenvalue weighted by molar-refractivity contribution is 0.121. The second kappa shape index (κ2) is 12.6. The number of ether oxygens (including phenoxy) is 3. The van der Waals surface area contributed by atoms with Gasteiger partial charge in [-0.1, -0.05) is 0 Å². The zero-order chi connectivity index (χ0) is 24.5. The molecule has 3 rings (SSSR count). The van der Waals surface area contributed by atoms with Gasteiger partial charge in [-0.05, 0) is 63.9 Å². The summed E-state index contributed by atoms with van der Waals surface area (Å²) in [4.78, 5) is 13.0. The summed E-state index contributed by atoms with van der Waals surface area (Å²) in [6.45, 7) is 9.16. The van der Waals surface area contributed by atoms with Gasteiger partial charge in [0.15, 0.2) is 0 Å². The topological polar surface area (TPSA) is 102 Å². The Hall–Kier alpha value is -2.75. The van der Waals surface area contributed by atoms with Crippen LogP contribution in [-0.2, 0) is 9.47 Å². The van der Waals surface area contributed by atoms with Gasteiger partial charge in [-0.2, -0.15) is 0 Å². The molecule has 1 atom stereocenters. The molecule has 9 heteroatoms. The molecule has 0 aliphatic heterocycles. The number of hydrogen-bond donors (Lipinski definition) is 2. The first-order valence-corrected chi connectivity index (χ1v) is 11.8. The molecule has 2 aromatic heterocycles. The lowest BCUT2D eigenvalue weighted by Crippen LogP contribution is -2.28. The van der Waals surface area contributed by atoms with E-state index in [4.69, 9.17) is 14.2 Å². The second-order valence-corrected chi connectivity index (χ2v) is 8.66. The fraction of sp³-hybridized carbons (Fsp3) is 0.560. The van der Waals surface area contributed by atoms with Crippen molar-refractivity contribution in [3.63, 3.8) is 0 Å². The molecular formula is C25H37N5O4. The Morgan fingerprint density at radius 2 is 2.00 bits per heavy atom. The molecule has 1 saturated carbocycles. The molecule has 0 spiro atoms. The number of nitrogens with one attached hydrogen (secondary N) is 1. The van der Waals surface area contributed by atoms with Crippen LogP contribution in [0.1, 0.15) is 49.9 Å². The van der Waals surface area contributed by atoms with Crippen molar-refractivity contribution < 1.29 is 19.3 Å². The smallest absolute Gasteiger partial charge is 0.237 e. The molecule has 0 saturated heterocycles. The molecule has 0 amide bonds. The summed E-state index contributed by atoms with van der Waals surface area (Å²) in [6, 6.07) is 6.07. The van der Waals surface area contributed by atoms with Gasteiger partial charge in [0.05, 0.1) is 25.4 Å². The van der Waals surface area contributed by atoms with Crippen LogP contribution in [0.3, 0.4) is 0 Å². The van der Waals surface area contributed by atoms with Crippen molar-refractivity contribution in [2.24, 2.45) is 9.98 Å². The molecule has 34 heavy (non-hydrogen) atoms. The minimum atomic E-state index is -0.220. The van der Waals surface area contributed by atoms with E-state index in [2.05, 4.69) is 44.8 Å². The lowest BCUT2D eigenvalue weighted by Gasteiger charge is -2.27. The Bertz CT molecular complexity index is 966. The summed E-state index contributed by atoms with van der Waals surface area (Å²) >= 11 is 0. The van der Waals surface area contributed by atoms with Crippen LogP contribution in [0.4, 0.5) is 0 Å². The van der Waals surface area contributed by atoms with Crippen molar-refractivity contribution in [1.29, 1.82) is 0 Å². The van der Waals surface area contributed by atoms with Crippen LogP contribution in [-0.4, -0.2) is 73.6 Å². The van der Waals surface area contributed by atoms with Gasteiger partial charge in [-0.15, -0.1) is 0 Å². The summed E-state index contributed by atoms with van der Waals surface area (Å²) in [6.07, 6.45) is 4.96. The van der Waals surface area contributed by atoms with Gasteiger partial charge in [0.25, 0.3) is 0 Å². The molecule has 1 aliphatic rings. The molecule has 0 aromatic carbocycles. The van der Waals surface area contributed by atoms with Crippen molar-refractivity contribution >= 4 is 12.7 Å². The van der Waals surface area contributed by atoms with Gasteiger partial charge in [-0.25, -0.2) is 15.0 Å². The average molecular weight is 472 g/mol. The van der Waals surface area contributed by atoms with Crippen LogP contribution in [0.5, 0.6) is 5.88 Å². The summed E-state index contributed by atoms with van der Waals surface area (Å²) < 4.78 is 18.0. The third-order valence-corrected chi connectivity index (χ3v) is 6.09. The first kappa shape index (κ1) is 25.9. The van der Waals surface area contributed by atoms with Crippen LogP contribution in [0.2, 0.25) is 0 Å². The Morgan fingerprint density at radius 1 is 1.24 bits per heavy atom. The number of aliphatic hydroxyl groups excluding tert-OH is 1. The minimum Gasteiger partial charge on any atom is -0.475 e. The number of rotatable bonds is 10. The maximum absolute atomic E-state index is 10.0. The van der Waals surface area contributed by atoms with E-state index in [-0.39, 0.29) is 12.1 Å². The van der Waals surface area contributed by atoms with Crippen molar-refractivity contribution in [1.82, 2.24) is 9.66 Å². The highest BCUT2D eigenvalue weighted by atomic mass is 16.5. The normalized spacial score (nSPS) is 19.6. The highest BCUT2D eigenvalue weighted by Gasteiger charge is 2.26. The molecule has 9 nitrogen and oxygen atoms in total. The first-order valence-electron chi connectivity index (χ1n) is 11.8. The molecule has 186 valence electrons. The zero-order valence-electron chi connectivity index (χ0n) is 20.7. The highest BCUT2D eigenvalue weighted by molar-refractivity contribution is 5.91. The largest absolute Gasteiger partial charge is 0.475 e. The first-order chi connectivity index (χ1) is 16.5. The molecule has 2 heterocycles. The molecule has 0 bridgehead atoms. The van der Waals surface area contributed by atoms with E-state index in [0.717, 1.165) is 48.2 Å². The van der Waals surface area contributed by atoms with E-state index in [1.165, 1.54) is 0 Å². The molecule has 2 N–H and O–H groups in total. The van der Waals surface area contributed by atoms with Crippen molar-refractivity contribution in [3.8, 4) is 17.0 Å². The minimum absolute atomic E-state index is 0.0615. The number of aromatic nitrogens is 2. The van der Waals surface area contributed by atoms with Crippen LogP contribution < -0.4 is 10.2 Å². The number of methoxy groups -OCH3 is 2. The molecular weight excluding hydrogens is 434 g/mol. The van der Waals surface area contributed by atoms with Gasteiger partial charge in [0.1, 0.15) is 6.61 Å². The van der Waals surface area contributed by atoms with E-state index >= 15 is 0 Å². The maximum Gasteiger partial charge on any atom is 0.237 e. The zero-order valence-corrected chi connectivity index (χ0v) is 20.7. The van der Waals surface area contributed by atoms with Crippen molar-refractivity contribution in [3.05, 3.63) is 35.8 Å². The number of pyridine rings is 1. The predicted octanol–water partition coefficient (Wildman–Crippen LogP) is 3.54. The van der Waals surface area contributed by atoms with E-state index in [1.54, 1.807) is 20.4 Å². The SMILES string of the molecule is C=NC(=N[C@@H](C)COC)Nn1c(C2CCC(O)CC2)cc(-c2ccnc(OCCOC)c2)c1C. The third-order valence-electron chi connectivity index (χ3n) is 6.09. The molecule has 0 unspecified atom stereocenters. The van der Waals surface area contributed by atoms with Crippen molar-refractivity contribution in [2.75, 3.05) is 39.5 Å². The Balaban J connectivity index is 1.97.